The van der Waals surface area contributed by atoms with Crippen molar-refractivity contribution in [2.45, 2.75) is 38.3 Å². The lowest BCUT2D eigenvalue weighted by Gasteiger charge is -2.32. The molecule has 0 saturated carbocycles. The van der Waals surface area contributed by atoms with E-state index >= 15 is 0 Å². The molecule has 2 unspecified atom stereocenters. The van der Waals surface area contributed by atoms with E-state index in [-0.39, 0.29) is 24.1 Å². The van der Waals surface area contributed by atoms with Crippen LogP contribution in [0.25, 0.3) is 0 Å². The molecule has 1 rings (SSSR count). The van der Waals surface area contributed by atoms with Crippen LogP contribution >= 0.6 is 0 Å². The average molecular weight is 264 g/mol. The topological polar surface area (TPSA) is 83.6 Å². The predicted molar refractivity (Wildman–Crippen MR) is 68.6 cm³/mol. The molecular formula is C11H24N2O3S. The molecule has 6 heteroatoms. The van der Waals surface area contributed by atoms with E-state index in [9.17, 15) is 13.5 Å². The van der Waals surface area contributed by atoms with Crippen molar-refractivity contribution in [2.24, 2.45) is 5.73 Å². The lowest BCUT2D eigenvalue weighted by molar-refractivity contribution is 0.0302. The van der Waals surface area contributed by atoms with Gasteiger partial charge in [0.25, 0.3) is 0 Å². The zero-order chi connectivity index (χ0) is 13.1. The van der Waals surface area contributed by atoms with Gasteiger partial charge in [-0.05, 0) is 33.2 Å². The van der Waals surface area contributed by atoms with E-state index in [2.05, 4.69) is 4.90 Å². The van der Waals surface area contributed by atoms with Crippen LogP contribution in [0.3, 0.4) is 0 Å². The monoisotopic (exact) mass is 264 g/mol. The van der Waals surface area contributed by atoms with Gasteiger partial charge in [-0.3, -0.25) is 4.90 Å². The zero-order valence-corrected chi connectivity index (χ0v) is 11.5. The maximum Gasteiger partial charge on any atom is 0.151 e. The highest BCUT2D eigenvalue weighted by atomic mass is 32.2. The second kappa shape index (κ2) is 5.65. The third kappa shape index (κ3) is 4.91. The van der Waals surface area contributed by atoms with Crippen molar-refractivity contribution in [3.8, 4) is 0 Å². The smallest absolute Gasteiger partial charge is 0.151 e. The molecule has 0 radical (unpaired) electrons. The fourth-order valence-electron chi connectivity index (χ4n) is 2.25. The Labute approximate surface area is 104 Å². The molecule has 1 aliphatic rings. The quantitative estimate of drug-likeness (QED) is 0.721. The lowest BCUT2D eigenvalue weighted by atomic mass is 9.97. The molecule has 3 N–H and O–H groups in total. The van der Waals surface area contributed by atoms with E-state index in [1.165, 1.54) is 0 Å². The van der Waals surface area contributed by atoms with Gasteiger partial charge >= 0.3 is 0 Å². The van der Waals surface area contributed by atoms with Gasteiger partial charge < -0.3 is 10.8 Å². The van der Waals surface area contributed by atoms with E-state index in [1.54, 1.807) is 6.92 Å². The SMILES string of the molecule is CC(CC(C)(O)CN)N1CCCS(=O)(=O)CC1. The minimum absolute atomic E-state index is 0.154. The van der Waals surface area contributed by atoms with Crippen LogP contribution in [0.1, 0.15) is 26.7 Å². The first kappa shape index (κ1) is 14.9. The molecular weight excluding hydrogens is 240 g/mol. The Morgan fingerprint density at radius 2 is 2.06 bits per heavy atom. The summed E-state index contributed by atoms with van der Waals surface area (Å²) < 4.78 is 23.0. The summed E-state index contributed by atoms with van der Waals surface area (Å²) in [4.78, 5) is 2.13. The van der Waals surface area contributed by atoms with Crippen LogP contribution in [0.15, 0.2) is 0 Å². The van der Waals surface area contributed by atoms with Crippen LogP contribution in [-0.2, 0) is 9.84 Å². The van der Waals surface area contributed by atoms with Gasteiger partial charge in [-0.15, -0.1) is 0 Å². The summed E-state index contributed by atoms with van der Waals surface area (Å²) >= 11 is 0. The molecule has 102 valence electrons. The van der Waals surface area contributed by atoms with E-state index in [0.717, 1.165) is 6.54 Å². The van der Waals surface area contributed by atoms with Crippen LogP contribution in [-0.4, -0.2) is 61.2 Å². The van der Waals surface area contributed by atoms with Gasteiger partial charge in [0.05, 0.1) is 17.1 Å². The number of nitrogens with zero attached hydrogens (tertiary/aromatic N) is 1. The number of hydrogen-bond acceptors (Lipinski definition) is 5. The Hall–Kier alpha value is -0.170. The molecule has 1 saturated heterocycles. The summed E-state index contributed by atoms with van der Waals surface area (Å²) in [6, 6.07) is 0.154. The van der Waals surface area contributed by atoms with Crippen molar-refractivity contribution in [1.82, 2.24) is 4.90 Å². The van der Waals surface area contributed by atoms with Crippen molar-refractivity contribution in [3.05, 3.63) is 0 Å². The minimum Gasteiger partial charge on any atom is -0.389 e. The molecule has 0 bridgehead atoms. The first-order valence-electron chi connectivity index (χ1n) is 6.13. The summed E-state index contributed by atoms with van der Waals surface area (Å²) in [6.45, 7) is 5.30. The average Bonchev–Trinajstić information content (AvgIpc) is 2.39. The minimum atomic E-state index is -2.86. The Kier molecular flexibility index (Phi) is 4.95. The number of sulfone groups is 1. The largest absolute Gasteiger partial charge is 0.389 e. The first-order valence-corrected chi connectivity index (χ1v) is 7.95. The third-order valence-corrected chi connectivity index (χ3v) is 5.10. The maximum absolute atomic E-state index is 11.5. The van der Waals surface area contributed by atoms with Gasteiger partial charge in [0.2, 0.25) is 0 Å². The van der Waals surface area contributed by atoms with Crippen LogP contribution < -0.4 is 5.73 Å². The van der Waals surface area contributed by atoms with Gasteiger partial charge in [-0.25, -0.2) is 8.42 Å². The molecule has 2 atom stereocenters. The van der Waals surface area contributed by atoms with Crippen molar-refractivity contribution >= 4 is 9.84 Å². The summed E-state index contributed by atoms with van der Waals surface area (Å²) in [6.07, 6.45) is 1.25. The van der Waals surface area contributed by atoms with Crippen molar-refractivity contribution in [1.29, 1.82) is 0 Å². The highest BCUT2D eigenvalue weighted by Gasteiger charge is 2.27. The van der Waals surface area contributed by atoms with E-state index in [0.29, 0.717) is 19.4 Å². The molecule has 0 amide bonds. The number of aliphatic hydroxyl groups is 1. The van der Waals surface area contributed by atoms with Crippen molar-refractivity contribution < 1.29 is 13.5 Å². The third-order valence-electron chi connectivity index (χ3n) is 3.39. The van der Waals surface area contributed by atoms with Gasteiger partial charge in [-0.2, -0.15) is 0 Å². The van der Waals surface area contributed by atoms with Crippen LogP contribution in [0, 0.1) is 0 Å². The molecule has 1 heterocycles. The second-order valence-corrected chi connectivity index (χ2v) is 7.60. The molecule has 0 aromatic carbocycles. The second-order valence-electron chi connectivity index (χ2n) is 5.30. The molecule has 5 nitrogen and oxygen atoms in total. The maximum atomic E-state index is 11.5. The Bertz CT molecular complexity index is 341. The van der Waals surface area contributed by atoms with E-state index in [1.807, 2.05) is 6.92 Å². The van der Waals surface area contributed by atoms with Gasteiger partial charge in [0.15, 0.2) is 9.84 Å². The van der Waals surface area contributed by atoms with Gasteiger partial charge in [0.1, 0.15) is 0 Å². The molecule has 0 aliphatic carbocycles. The van der Waals surface area contributed by atoms with E-state index < -0.39 is 15.4 Å². The lowest BCUT2D eigenvalue weighted by Crippen LogP contribution is -2.44. The van der Waals surface area contributed by atoms with Crippen molar-refractivity contribution in [2.75, 3.05) is 31.1 Å². The summed E-state index contributed by atoms with van der Waals surface area (Å²) in [5.41, 5.74) is 4.62. The molecule has 0 spiro atoms. The predicted octanol–water partition coefficient (Wildman–Crippen LogP) is -0.405. The number of nitrogens with two attached hydrogens (primary N) is 1. The number of hydrogen-bond donors (Lipinski definition) is 2. The summed E-state index contributed by atoms with van der Waals surface area (Å²) in [5, 5.41) is 9.93. The molecule has 0 aromatic rings. The van der Waals surface area contributed by atoms with Crippen LogP contribution in [0.4, 0.5) is 0 Å². The number of rotatable bonds is 4. The molecule has 17 heavy (non-hydrogen) atoms. The zero-order valence-electron chi connectivity index (χ0n) is 10.7. The molecule has 0 aromatic heterocycles. The van der Waals surface area contributed by atoms with Crippen molar-refractivity contribution in [3.63, 3.8) is 0 Å². The Balaban J connectivity index is 2.56. The summed E-state index contributed by atoms with van der Waals surface area (Å²) in [7, 11) is -2.86. The highest BCUT2D eigenvalue weighted by molar-refractivity contribution is 7.91. The fraction of sp³-hybridized carbons (Fsp3) is 1.00. The Morgan fingerprint density at radius 1 is 1.41 bits per heavy atom. The first-order chi connectivity index (χ1) is 7.76. The molecule has 1 fully saturated rings. The van der Waals surface area contributed by atoms with Gasteiger partial charge in [0, 0.05) is 19.1 Å². The normalized spacial score (nSPS) is 27.1. The van der Waals surface area contributed by atoms with Crippen LogP contribution in [0.5, 0.6) is 0 Å². The summed E-state index contributed by atoms with van der Waals surface area (Å²) in [5.74, 6) is 0.506. The van der Waals surface area contributed by atoms with Crippen LogP contribution in [0.2, 0.25) is 0 Å². The standard InChI is InChI=1S/C11H24N2O3S/c1-10(8-11(2,14)9-12)13-4-3-6-17(15,16)7-5-13/h10,14H,3-9,12H2,1-2H3. The van der Waals surface area contributed by atoms with E-state index in [4.69, 9.17) is 5.73 Å². The Morgan fingerprint density at radius 3 is 2.65 bits per heavy atom. The fourth-order valence-corrected chi connectivity index (χ4v) is 3.53. The molecule has 1 aliphatic heterocycles. The highest BCUT2D eigenvalue weighted by Crippen LogP contribution is 2.17. The van der Waals surface area contributed by atoms with Gasteiger partial charge in [-0.1, -0.05) is 0 Å².